The predicted octanol–water partition coefficient (Wildman–Crippen LogP) is 3.78. The number of carbonyl (C=O) groups is 1. The second-order valence-corrected chi connectivity index (χ2v) is 6.80. The molecule has 0 unspecified atom stereocenters. The maximum atomic E-state index is 12.6. The molecule has 2 heterocycles. The maximum Gasteiger partial charge on any atom is 0.257 e. The molecule has 0 fully saturated rings. The molecule has 0 saturated heterocycles. The summed E-state index contributed by atoms with van der Waals surface area (Å²) in [5, 5.41) is 11.4. The lowest BCUT2D eigenvalue weighted by atomic mass is 10.1. The van der Waals surface area contributed by atoms with Crippen molar-refractivity contribution in [3.63, 3.8) is 0 Å². The molecular weight excluding hydrogens is 366 g/mol. The van der Waals surface area contributed by atoms with Crippen molar-refractivity contribution in [1.29, 1.82) is 0 Å². The van der Waals surface area contributed by atoms with E-state index in [2.05, 4.69) is 20.6 Å². The molecule has 2 aromatic heterocycles. The summed E-state index contributed by atoms with van der Waals surface area (Å²) in [5.74, 6) is 0.863. The lowest BCUT2D eigenvalue weighted by Crippen LogP contribution is -2.23. The Hall–Kier alpha value is -3.74. The Morgan fingerprint density at radius 1 is 1.03 bits per heavy atom. The van der Waals surface area contributed by atoms with Crippen LogP contribution in [0.4, 0.5) is 0 Å². The van der Waals surface area contributed by atoms with Gasteiger partial charge in [-0.05, 0) is 57.2 Å². The summed E-state index contributed by atoms with van der Waals surface area (Å²) < 4.78 is 7.05. The van der Waals surface area contributed by atoms with Crippen LogP contribution in [0.5, 0.6) is 0 Å². The van der Waals surface area contributed by atoms with Crippen LogP contribution < -0.4 is 5.32 Å². The summed E-state index contributed by atoms with van der Waals surface area (Å²) in [4.78, 5) is 16.8. The van der Waals surface area contributed by atoms with E-state index in [-0.39, 0.29) is 5.91 Å². The molecule has 4 aromatic rings. The number of amides is 1. The van der Waals surface area contributed by atoms with Crippen molar-refractivity contribution < 1.29 is 9.32 Å². The third-order valence-corrected chi connectivity index (χ3v) is 4.79. The molecule has 7 heteroatoms. The van der Waals surface area contributed by atoms with Gasteiger partial charge >= 0.3 is 0 Å². The SMILES string of the molecule is Cc1noc(-c2ccc(C(=O)NCc3c(C)nn(-c4ccccc4)c3C)cc2)n1. The third kappa shape index (κ3) is 3.80. The molecule has 2 aromatic carbocycles. The molecule has 7 nitrogen and oxygen atoms in total. The zero-order valence-corrected chi connectivity index (χ0v) is 16.5. The first kappa shape index (κ1) is 18.6. The van der Waals surface area contributed by atoms with Crippen LogP contribution in [0.15, 0.2) is 59.1 Å². The fourth-order valence-electron chi connectivity index (χ4n) is 3.20. The summed E-state index contributed by atoms with van der Waals surface area (Å²) in [7, 11) is 0. The Bertz CT molecular complexity index is 1140. The highest BCUT2D eigenvalue weighted by atomic mass is 16.5. The summed E-state index contributed by atoms with van der Waals surface area (Å²) in [6, 6.07) is 17.0. The lowest BCUT2D eigenvalue weighted by Gasteiger charge is -2.07. The maximum absolute atomic E-state index is 12.6. The molecule has 146 valence electrons. The number of carbonyl (C=O) groups excluding carboxylic acids is 1. The molecule has 0 aliphatic rings. The fourth-order valence-corrected chi connectivity index (χ4v) is 3.20. The van der Waals surface area contributed by atoms with Crippen LogP contribution in [0.25, 0.3) is 17.1 Å². The van der Waals surface area contributed by atoms with E-state index in [1.165, 1.54) is 0 Å². The van der Waals surface area contributed by atoms with Gasteiger partial charge in [0, 0.05) is 28.9 Å². The van der Waals surface area contributed by atoms with Crippen molar-refractivity contribution in [2.75, 3.05) is 0 Å². The van der Waals surface area contributed by atoms with Gasteiger partial charge in [0.1, 0.15) is 0 Å². The normalized spacial score (nSPS) is 10.9. The van der Waals surface area contributed by atoms with E-state index in [0.29, 0.717) is 23.8 Å². The van der Waals surface area contributed by atoms with Crippen LogP contribution >= 0.6 is 0 Å². The van der Waals surface area contributed by atoms with Gasteiger partial charge in [-0.25, -0.2) is 4.68 Å². The summed E-state index contributed by atoms with van der Waals surface area (Å²) in [6.45, 7) is 6.14. The molecule has 29 heavy (non-hydrogen) atoms. The van der Waals surface area contributed by atoms with Crippen molar-refractivity contribution in [3.8, 4) is 17.1 Å². The number of hydrogen-bond donors (Lipinski definition) is 1. The molecule has 0 atom stereocenters. The minimum atomic E-state index is -0.149. The molecule has 0 spiro atoms. The van der Waals surface area contributed by atoms with E-state index in [1.54, 1.807) is 31.2 Å². The summed E-state index contributed by atoms with van der Waals surface area (Å²) in [5.41, 5.74) is 5.26. The van der Waals surface area contributed by atoms with E-state index in [9.17, 15) is 4.79 Å². The highest BCUT2D eigenvalue weighted by Crippen LogP contribution is 2.19. The summed E-state index contributed by atoms with van der Waals surface area (Å²) >= 11 is 0. The first-order chi connectivity index (χ1) is 14.0. The van der Waals surface area contributed by atoms with Crippen LogP contribution in [-0.2, 0) is 6.54 Å². The minimum Gasteiger partial charge on any atom is -0.348 e. The van der Waals surface area contributed by atoms with Gasteiger partial charge in [0.2, 0.25) is 0 Å². The Morgan fingerprint density at radius 2 is 1.76 bits per heavy atom. The van der Waals surface area contributed by atoms with Crippen LogP contribution in [0.1, 0.15) is 33.1 Å². The first-order valence-electron chi connectivity index (χ1n) is 9.32. The lowest BCUT2D eigenvalue weighted by molar-refractivity contribution is 0.0951. The van der Waals surface area contributed by atoms with Crippen LogP contribution in [0.2, 0.25) is 0 Å². The molecule has 0 aliphatic heterocycles. The average molecular weight is 387 g/mol. The van der Waals surface area contributed by atoms with Crippen molar-refractivity contribution >= 4 is 5.91 Å². The first-order valence-corrected chi connectivity index (χ1v) is 9.32. The third-order valence-electron chi connectivity index (χ3n) is 4.79. The van der Waals surface area contributed by atoms with Crippen molar-refractivity contribution in [2.45, 2.75) is 27.3 Å². The number of para-hydroxylation sites is 1. The van der Waals surface area contributed by atoms with Gasteiger partial charge in [0.05, 0.1) is 11.4 Å². The fraction of sp³-hybridized carbons (Fsp3) is 0.182. The number of nitrogens with one attached hydrogen (secondary N) is 1. The molecule has 1 amide bonds. The zero-order valence-electron chi connectivity index (χ0n) is 16.5. The molecule has 4 rings (SSSR count). The number of benzene rings is 2. The predicted molar refractivity (Wildman–Crippen MR) is 109 cm³/mol. The highest BCUT2D eigenvalue weighted by molar-refractivity contribution is 5.94. The average Bonchev–Trinajstić information content (AvgIpc) is 3.30. The van der Waals surface area contributed by atoms with Crippen molar-refractivity contribution in [1.82, 2.24) is 25.2 Å². The van der Waals surface area contributed by atoms with E-state index in [4.69, 9.17) is 4.52 Å². The highest BCUT2D eigenvalue weighted by Gasteiger charge is 2.15. The minimum absolute atomic E-state index is 0.149. The molecule has 0 saturated carbocycles. The smallest absolute Gasteiger partial charge is 0.257 e. The van der Waals surface area contributed by atoms with Gasteiger partial charge in [-0.3, -0.25) is 4.79 Å². The van der Waals surface area contributed by atoms with E-state index in [1.807, 2.05) is 48.9 Å². The molecular formula is C22H21N5O2. The van der Waals surface area contributed by atoms with Gasteiger partial charge in [-0.15, -0.1) is 0 Å². The number of hydrogen-bond acceptors (Lipinski definition) is 5. The van der Waals surface area contributed by atoms with Gasteiger partial charge in [-0.1, -0.05) is 23.4 Å². The van der Waals surface area contributed by atoms with Crippen LogP contribution in [-0.4, -0.2) is 25.8 Å². The van der Waals surface area contributed by atoms with Gasteiger partial charge < -0.3 is 9.84 Å². The molecule has 1 N–H and O–H groups in total. The van der Waals surface area contributed by atoms with E-state index >= 15 is 0 Å². The summed E-state index contributed by atoms with van der Waals surface area (Å²) in [6.07, 6.45) is 0. The monoisotopic (exact) mass is 387 g/mol. The molecule has 0 bridgehead atoms. The Labute approximate surface area is 168 Å². The Morgan fingerprint density at radius 3 is 2.41 bits per heavy atom. The number of aryl methyl sites for hydroxylation is 2. The zero-order chi connectivity index (χ0) is 20.4. The quantitative estimate of drug-likeness (QED) is 0.563. The molecule has 0 aliphatic carbocycles. The molecule has 0 radical (unpaired) electrons. The Balaban J connectivity index is 1.47. The largest absolute Gasteiger partial charge is 0.348 e. The standard InChI is InChI=1S/C22H21N5O2/c1-14-20(15(2)27(25-14)19-7-5-4-6-8-19)13-23-21(28)17-9-11-18(12-10-17)22-24-16(3)26-29-22/h4-12H,13H2,1-3H3,(H,23,28). The number of nitrogens with zero attached hydrogens (tertiary/aromatic N) is 4. The van der Waals surface area contributed by atoms with E-state index < -0.39 is 0 Å². The van der Waals surface area contributed by atoms with Crippen LogP contribution in [0.3, 0.4) is 0 Å². The number of rotatable bonds is 5. The van der Waals surface area contributed by atoms with Crippen LogP contribution in [0, 0.1) is 20.8 Å². The second-order valence-electron chi connectivity index (χ2n) is 6.80. The van der Waals surface area contributed by atoms with Gasteiger partial charge in [-0.2, -0.15) is 10.1 Å². The second kappa shape index (κ2) is 7.71. The van der Waals surface area contributed by atoms with Gasteiger partial charge in [0.15, 0.2) is 5.82 Å². The van der Waals surface area contributed by atoms with Gasteiger partial charge in [0.25, 0.3) is 11.8 Å². The Kier molecular flexibility index (Phi) is 4.95. The van der Waals surface area contributed by atoms with Crippen molar-refractivity contribution in [2.24, 2.45) is 0 Å². The van der Waals surface area contributed by atoms with E-state index in [0.717, 1.165) is 28.2 Å². The number of aromatic nitrogens is 4. The van der Waals surface area contributed by atoms with Crippen molar-refractivity contribution in [3.05, 3.63) is 82.9 Å². The topological polar surface area (TPSA) is 85.8 Å².